The smallest absolute Gasteiger partial charge is 0.325 e. The van der Waals surface area contributed by atoms with Crippen molar-refractivity contribution in [3.8, 4) is 6.07 Å². The highest BCUT2D eigenvalue weighted by molar-refractivity contribution is 7.92. The number of nitriles is 1. The molecule has 1 aliphatic rings. The van der Waals surface area contributed by atoms with Crippen molar-refractivity contribution in [2.24, 2.45) is 5.41 Å². The van der Waals surface area contributed by atoms with Gasteiger partial charge in [0.15, 0.2) is 15.3 Å². The molecule has 94 valence electrons. The van der Waals surface area contributed by atoms with E-state index in [-0.39, 0.29) is 11.3 Å². The topological polar surface area (TPSA) is 95.2 Å². The Bertz CT molecular complexity index is 642. The molecule has 1 fully saturated rings. The third-order valence-electron chi connectivity index (χ3n) is 3.20. The van der Waals surface area contributed by atoms with Gasteiger partial charge >= 0.3 is 5.97 Å². The average molecular weight is 265 g/mol. The first-order valence-corrected chi connectivity index (χ1v) is 6.84. The molecular formula is C12H11NO4S. The van der Waals surface area contributed by atoms with Gasteiger partial charge in [-0.2, -0.15) is 5.26 Å². The molecule has 2 rings (SSSR count). The van der Waals surface area contributed by atoms with Gasteiger partial charge in [-0.15, -0.1) is 0 Å². The van der Waals surface area contributed by atoms with E-state index in [4.69, 9.17) is 10.4 Å². The number of sulfone groups is 1. The van der Waals surface area contributed by atoms with Crippen molar-refractivity contribution in [2.45, 2.75) is 23.5 Å². The Hall–Kier alpha value is -1.87. The minimum absolute atomic E-state index is 0.0662. The third-order valence-corrected chi connectivity index (χ3v) is 5.45. The summed E-state index contributed by atoms with van der Waals surface area (Å²) in [4.78, 5) is 11.0. The lowest BCUT2D eigenvalue weighted by atomic mass is 10.1. The van der Waals surface area contributed by atoms with Crippen LogP contribution < -0.4 is 0 Å². The molecule has 6 heteroatoms. The summed E-state index contributed by atoms with van der Waals surface area (Å²) in [5.74, 6) is -1.37. The number of hydrogen-bond acceptors (Lipinski definition) is 4. The van der Waals surface area contributed by atoms with Crippen molar-refractivity contribution in [3.63, 3.8) is 0 Å². The number of rotatable bonds is 3. The molecule has 1 aliphatic carbocycles. The second kappa shape index (κ2) is 3.82. The van der Waals surface area contributed by atoms with Crippen molar-refractivity contribution in [1.82, 2.24) is 0 Å². The molecule has 0 aromatic heterocycles. The van der Waals surface area contributed by atoms with Crippen LogP contribution in [0.4, 0.5) is 0 Å². The fraction of sp³-hybridized carbons (Fsp3) is 0.333. The molecule has 1 aromatic carbocycles. The molecule has 5 nitrogen and oxygen atoms in total. The van der Waals surface area contributed by atoms with Gasteiger partial charge in [0.25, 0.3) is 0 Å². The molecule has 18 heavy (non-hydrogen) atoms. The summed E-state index contributed by atoms with van der Waals surface area (Å²) in [5.41, 5.74) is -0.862. The van der Waals surface area contributed by atoms with E-state index in [0.29, 0.717) is 0 Å². The Morgan fingerprint density at radius 2 is 2.00 bits per heavy atom. The molecule has 1 N–H and O–H groups in total. The normalized spacial score (nSPS) is 26.3. The Kier molecular flexibility index (Phi) is 2.67. The molecule has 0 aliphatic heterocycles. The Labute approximate surface area is 105 Å². The van der Waals surface area contributed by atoms with Crippen LogP contribution in [0, 0.1) is 23.7 Å². The van der Waals surface area contributed by atoms with Crippen molar-refractivity contribution >= 4 is 15.8 Å². The second-order valence-electron chi connectivity index (χ2n) is 4.44. The van der Waals surface area contributed by atoms with E-state index in [0.717, 1.165) is 5.56 Å². The van der Waals surface area contributed by atoms with Crippen molar-refractivity contribution in [3.05, 3.63) is 29.8 Å². The predicted molar refractivity (Wildman–Crippen MR) is 62.5 cm³/mol. The molecule has 0 amide bonds. The fourth-order valence-corrected chi connectivity index (χ4v) is 3.90. The monoisotopic (exact) mass is 265 g/mol. The van der Waals surface area contributed by atoms with E-state index in [9.17, 15) is 13.2 Å². The number of hydrogen-bond donors (Lipinski definition) is 1. The maximum Gasteiger partial charge on any atom is 0.325 e. The second-order valence-corrected chi connectivity index (χ2v) is 6.57. The first-order chi connectivity index (χ1) is 8.34. The van der Waals surface area contributed by atoms with Gasteiger partial charge < -0.3 is 5.11 Å². The molecule has 1 saturated carbocycles. The van der Waals surface area contributed by atoms with E-state index in [1.807, 2.05) is 6.92 Å². The maximum absolute atomic E-state index is 12.2. The van der Waals surface area contributed by atoms with Crippen LogP contribution in [0.2, 0.25) is 0 Å². The summed E-state index contributed by atoms with van der Waals surface area (Å²) in [6.07, 6.45) is -0.144. The van der Waals surface area contributed by atoms with E-state index in [2.05, 4.69) is 0 Å². The largest absolute Gasteiger partial charge is 0.480 e. The summed E-state index contributed by atoms with van der Waals surface area (Å²) >= 11 is 0. The molecular weight excluding hydrogens is 254 g/mol. The molecule has 0 bridgehead atoms. The van der Waals surface area contributed by atoms with E-state index in [1.54, 1.807) is 18.2 Å². The first kappa shape index (κ1) is 12.6. The lowest BCUT2D eigenvalue weighted by Gasteiger charge is -2.05. The van der Waals surface area contributed by atoms with Crippen LogP contribution in [0.15, 0.2) is 29.2 Å². The maximum atomic E-state index is 12.2. The van der Waals surface area contributed by atoms with Crippen LogP contribution in [0.5, 0.6) is 0 Å². The lowest BCUT2D eigenvalue weighted by Crippen LogP contribution is -2.22. The Morgan fingerprint density at radius 1 is 1.44 bits per heavy atom. The number of nitrogens with zero attached hydrogens (tertiary/aromatic N) is 1. The van der Waals surface area contributed by atoms with Gasteiger partial charge in [0, 0.05) is 0 Å². The predicted octanol–water partition coefficient (Wildman–Crippen LogP) is 1.14. The molecule has 1 aromatic rings. The van der Waals surface area contributed by atoms with Gasteiger partial charge in [0.1, 0.15) is 0 Å². The summed E-state index contributed by atoms with van der Waals surface area (Å²) in [6, 6.07) is 7.77. The van der Waals surface area contributed by atoms with Crippen LogP contribution in [0.1, 0.15) is 12.0 Å². The summed E-state index contributed by atoms with van der Waals surface area (Å²) in [5, 5.41) is 16.7. The molecule has 2 atom stereocenters. The standard InChI is InChI=1S/C12H11NO4S/c1-8-2-4-9(5-3-8)18(16,17)10-6-12(10,7-13)11(14)15/h2-5,10H,6H2,1H3,(H,14,15)/t10-,12+/m0/s1. The molecule has 0 radical (unpaired) electrons. The minimum Gasteiger partial charge on any atom is -0.480 e. The number of aliphatic carboxylic acids is 1. The van der Waals surface area contributed by atoms with Gasteiger partial charge in [-0.05, 0) is 25.5 Å². The van der Waals surface area contributed by atoms with Gasteiger partial charge in [0.2, 0.25) is 0 Å². The highest BCUT2D eigenvalue weighted by Crippen LogP contribution is 2.52. The van der Waals surface area contributed by atoms with Crippen LogP contribution >= 0.6 is 0 Å². The molecule has 0 unspecified atom stereocenters. The highest BCUT2D eigenvalue weighted by Gasteiger charge is 2.68. The fourth-order valence-electron chi connectivity index (χ4n) is 1.89. The molecule has 0 heterocycles. The van der Waals surface area contributed by atoms with Gasteiger partial charge in [-0.3, -0.25) is 4.79 Å². The van der Waals surface area contributed by atoms with Crippen LogP contribution in [0.3, 0.4) is 0 Å². The quantitative estimate of drug-likeness (QED) is 0.884. The SMILES string of the molecule is Cc1ccc(S(=O)(=O)[C@H]2C[C@]2(C#N)C(=O)O)cc1. The molecule has 0 saturated heterocycles. The number of aryl methyl sites for hydroxylation is 1. The zero-order valence-electron chi connectivity index (χ0n) is 9.62. The number of carboxylic acid groups (broad SMARTS) is 1. The number of carboxylic acids is 1. The van der Waals surface area contributed by atoms with Gasteiger partial charge in [-0.25, -0.2) is 8.42 Å². The van der Waals surface area contributed by atoms with Crippen molar-refractivity contribution in [2.75, 3.05) is 0 Å². The zero-order chi connectivity index (χ0) is 13.6. The zero-order valence-corrected chi connectivity index (χ0v) is 10.4. The van der Waals surface area contributed by atoms with Crippen LogP contribution in [-0.2, 0) is 14.6 Å². The van der Waals surface area contributed by atoms with Gasteiger partial charge in [-0.1, -0.05) is 17.7 Å². The third kappa shape index (κ3) is 1.68. The Balaban J connectivity index is 2.39. The van der Waals surface area contributed by atoms with Crippen molar-refractivity contribution < 1.29 is 18.3 Å². The Morgan fingerprint density at radius 3 is 2.39 bits per heavy atom. The lowest BCUT2D eigenvalue weighted by molar-refractivity contribution is -0.141. The summed E-state index contributed by atoms with van der Waals surface area (Å²) < 4.78 is 24.3. The number of carbonyl (C=O) groups is 1. The van der Waals surface area contributed by atoms with Crippen molar-refractivity contribution in [1.29, 1.82) is 5.26 Å². The summed E-state index contributed by atoms with van der Waals surface area (Å²) in [7, 11) is -3.75. The van der Waals surface area contributed by atoms with E-state index < -0.39 is 26.5 Å². The van der Waals surface area contributed by atoms with E-state index >= 15 is 0 Å². The van der Waals surface area contributed by atoms with Gasteiger partial charge in [0.05, 0.1) is 16.2 Å². The summed E-state index contributed by atoms with van der Waals surface area (Å²) in [6.45, 7) is 1.82. The molecule has 0 spiro atoms. The van der Waals surface area contributed by atoms with E-state index in [1.165, 1.54) is 12.1 Å². The number of benzene rings is 1. The van der Waals surface area contributed by atoms with Crippen LogP contribution in [-0.4, -0.2) is 24.7 Å². The highest BCUT2D eigenvalue weighted by atomic mass is 32.2. The van der Waals surface area contributed by atoms with Crippen LogP contribution in [0.25, 0.3) is 0 Å². The minimum atomic E-state index is -3.75. The first-order valence-electron chi connectivity index (χ1n) is 5.30. The average Bonchev–Trinajstić information content (AvgIpc) is 3.06.